The molecule has 0 aromatic heterocycles. The highest BCUT2D eigenvalue weighted by atomic mass is 35.5. The summed E-state index contributed by atoms with van der Waals surface area (Å²) >= 11 is 1.89. The van der Waals surface area contributed by atoms with Gasteiger partial charge >= 0.3 is 0 Å². The zero-order chi connectivity index (χ0) is 16.3. The lowest BCUT2D eigenvalue weighted by atomic mass is 10.2. The van der Waals surface area contributed by atoms with Gasteiger partial charge in [0.25, 0.3) is 0 Å². The number of aryl methyl sites for hydroxylation is 1. The van der Waals surface area contributed by atoms with Gasteiger partial charge in [-0.2, -0.15) is 11.8 Å². The number of para-hydroxylation sites is 1. The minimum absolute atomic E-state index is 0. The van der Waals surface area contributed by atoms with E-state index in [2.05, 4.69) is 29.6 Å². The molecule has 132 valence electrons. The van der Waals surface area contributed by atoms with E-state index in [4.69, 9.17) is 4.74 Å². The maximum Gasteiger partial charge on any atom is 0.122 e. The molecule has 1 unspecified atom stereocenters. The number of hydrogen-bond donors (Lipinski definition) is 2. The van der Waals surface area contributed by atoms with Crippen LogP contribution in [-0.4, -0.2) is 36.7 Å². The molecule has 0 radical (unpaired) electrons. The molecule has 2 N–H and O–H groups in total. The van der Waals surface area contributed by atoms with Gasteiger partial charge in [0.15, 0.2) is 0 Å². The molecule has 0 bridgehead atoms. The first kappa shape index (κ1) is 20.8. The third kappa shape index (κ3) is 8.06. The molecule has 2 rings (SSSR count). The smallest absolute Gasteiger partial charge is 0.122 e. The molecule has 0 heterocycles. The minimum Gasteiger partial charge on any atom is -0.491 e. The van der Waals surface area contributed by atoms with Crippen LogP contribution in [0.4, 0.5) is 0 Å². The molecule has 24 heavy (non-hydrogen) atoms. The quantitative estimate of drug-likeness (QED) is 0.628. The molecule has 0 saturated carbocycles. The molecular weight excluding hydrogens is 342 g/mol. The number of thioether (sulfide) groups is 1. The Morgan fingerprint density at radius 3 is 2.54 bits per heavy atom. The zero-order valence-corrected chi connectivity index (χ0v) is 15.6. The van der Waals surface area contributed by atoms with Gasteiger partial charge in [-0.15, -0.1) is 12.4 Å². The summed E-state index contributed by atoms with van der Waals surface area (Å²) in [6.07, 6.45) is -0.492. The van der Waals surface area contributed by atoms with Crippen LogP contribution >= 0.6 is 24.2 Å². The van der Waals surface area contributed by atoms with E-state index in [1.54, 1.807) is 0 Å². The predicted octanol–water partition coefficient (Wildman–Crippen LogP) is 3.68. The van der Waals surface area contributed by atoms with Gasteiger partial charge in [-0.05, 0) is 24.1 Å². The van der Waals surface area contributed by atoms with Gasteiger partial charge in [0.2, 0.25) is 0 Å². The molecule has 0 spiro atoms. The van der Waals surface area contributed by atoms with Crippen LogP contribution in [0.15, 0.2) is 54.6 Å². The van der Waals surface area contributed by atoms with Crippen LogP contribution in [0.5, 0.6) is 5.75 Å². The Morgan fingerprint density at radius 2 is 1.79 bits per heavy atom. The Balaban J connectivity index is 0.00000288. The van der Waals surface area contributed by atoms with Gasteiger partial charge in [-0.25, -0.2) is 0 Å². The van der Waals surface area contributed by atoms with Crippen LogP contribution in [0.25, 0.3) is 0 Å². The highest BCUT2D eigenvalue weighted by molar-refractivity contribution is 7.98. The van der Waals surface area contributed by atoms with Crippen LogP contribution in [-0.2, 0) is 5.75 Å². The SMILES string of the molecule is Cc1ccccc1OCC(O)CNCCSCc1ccccc1.Cl. The standard InChI is InChI=1S/C19H25NO2S.ClH/c1-16-7-5-6-10-19(16)22-14-18(21)13-20-11-12-23-15-17-8-3-2-4-9-17;/h2-10,18,20-21H,11-15H2,1H3;1H. The molecule has 1 atom stereocenters. The van der Waals surface area contributed by atoms with Crippen molar-refractivity contribution in [2.75, 3.05) is 25.4 Å². The zero-order valence-electron chi connectivity index (χ0n) is 14.0. The van der Waals surface area contributed by atoms with E-state index in [9.17, 15) is 5.11 Å². The van der Waals surface area contributed by atoms with Crippen molar-refractivity contribution in [3.63, 3.8) is 0 Å². The number of aliphatic hydroxyl groups is 1. The normalized spacial score (nSPS) is 11.6. The molecule has 0 amide bonds. The highest BCUT2D eigenvalue weighted by Crippen LogP contribution is 2.16. The number of ether oxygens (including phenoxy) is 1. The molecule has 0 aliphatic rings. The first-order valence-electron chi connectivity index (χ1n) is 7.94. The van der Waals surface area contributed by atoms with E-state index >= 15 is 0 Å². The summed E-state index contributed by atoms with van der Waals surface area (Å²) in [7, 11) is 0. The Kier molecular flexibility index (Phi) is 10.6. The number of halogens is 1. The molecular formula is C19H26ClNO2S. The second-order valence-corrected chi connectivity index (χ2v) is 6.58. The summed E-state index contributed by atoms with van der Waals surface area (Å²) in [4.78, 5) is 0. The fraction of sp³-hybridized carbons (Fsp3) is 0.368. The summed E-state index contributed by atoms with van der Waals surface area (Å²) in [5.74, 6) is 2.90. The summed E-state index contributed by atoms with van der Waals surface area (Å²) in [6.45, 7) is 3.76. The second kappa shape index (κ2) is 12.2. The lowest BCUT2D eigenvalue weighted by molar-refractivity contribution is 0.106. The first-order valence-corrected chi connectivity index (χ1v) is 9.10. The number of hydrogen-bond acceptors (Lipinski definition) is 4. The maximum absolute atomic E-state index is 9.94. The third-order valence-electron chi connectivity index (χ3n) is 3.44. The first-order chi connectivity index (χ1) is 11.3. The van der Waals surface area contributed by atoms with E-state index < -0.39 is 6.10 Å². The number of benzene rings is 2. The van der Waals surface area contributed by atoms with E-state index in [1.807, 2.05) is 49.0 Å². The Hall–Kier alpha value is -1.20. The number of aliphatic hydroxyl groups excluding tert-OH is 1. The predicted molar refractivity (Wildman–Crippen MR) is 105 cm³/mol. The van der Waals surface area contributed by atoms with E-state index in [1.165, 1.54) is 5.56 Å². The molecule has 0 aliphatic heterocycles. The molecule has 2 aromatic rings. The van der Waals surface area contributed by atoms with Crippen LogP contribution in [0.3, 0.4) is 0 Å². The van der Waals surface area contributed by atoms with Crippen LogP contribution in [0.1, 0.15) is 11.1 Å². The average molecular weight is 368 g/mol. The van der Waals surface area contributed by atoms with Crippen LogP contribution < -0.4 is 10.1 Å². The topological polar surface area (TPSA) is 41.5 Å². The number of nitrogens with one attached hydrogen (secondary N) is 1. The van der Waals surface area contributed by atoms with Gasteiger partial charge in [0.05, 0.1) is 0 Å². The molecule has 0 aliphatic carbocycles. The second-order valence-electron chi connectivity index (χ2n) is 5.47. The monoisotopic (exact) mass is 367 g/mol. The third-order valence-corrected chi connectivity index (χ3v) is 4.47. The van der Waals surface area contributed by atoms with Crippen molar-refractivity contribution in [3.05, 3.63) is 65.7 Å². The summed E-state index contributed by atoms with van der Waals surface area (Å²) in [6, 6.07) is 18.3. The van der Waals surface area contributed by atoms with Crippen molar-refractivity contribution in [1.29, 1.82) is 0 Å². The average Bonchev–Trinajstić information content (AvgIpc) is 2.58. The van der Waals surface area contributed by atoms with Crippen molar-refractivity contribution in [1.82, 2.24) is 5.32 Å². The maximum atomic E-state index is 9.94. The lowest BCUT2D eigenvalue weighted by Crippen LogP contribution is -2.32. The molecule has 0 saturated heterocycles. The summed E-state index contributed by atoms with van der Waals surface area (Å²) in [5, 5.41) is 13.2. The van der Waals surface area contributed by atoms with Gasteiger partial charge in [0.1, 0.15) is 18.5 Å². The molecule has 2 aromatic carbocycles. The van der Waals surface area contributed by atoms with Gasteiger partial charge in [0, 0.05) is 24.6 Å². The van der Waals surface area contributed by atoms with E-state index in [-0.39, 0.29) is 12.4 Å². The Labute approximate surface area is 155 Å². The van der Waals surface area contributed by atoms with E-state index in [0.717, 1.165) is 29.4 Å². The molecule has 5 heteroatoms. The molecule has 3 nitrogen and oxygen atoms in total. The number of rotatable bonds is 10. The Morgan fingerprint density at radius 1 is 1.08 bits per heavy atom. The van der Waals surface area contributed by atoms with E-state index in [0.29, 0.717) is 13.2 Å². The van der Waals surface area contributed by atoms with Crippen molar-refractivity contribution < 1.29 is 9.84 Å². The Bertz CT molecular complexity index is 568. The summed E-state index contributed by atoms with van der Waals surface area (Å²) < 4.78 is 5.64. The fourth-order valence-corrected chi connectivity index (χ4v) is 3.00. The van der Waals surface area contributed by atoms with Gasteiger partial charge in [-0.1, -0.05) is 48.5 Å². The molecule has 0 fully saturated rings. The van der Waals surface area contributed by atoms with Crippen molar-refractivity contribution in [2.45, 2.75) is 18.8 Å². The van der Waals surface area contributed by atoms with Crippen molar-refractivity contribution in [3.8, 4) is 5.75 Å². The minimum atomic E-state index is -0.492. The highest BCUT2D eigenvalue weighted by Gasteiger charge is 2.06. The van der Waals surface area contributed by atoms with Gasteiger partial charge in [-0.3, -0.25) is 0 Å². The van der Waals surface area contributed by atoms with Gasteiger partial charge < -0.3 is 15.2 Å². The fourth-order valence-electron chi connectivity index (χ4n) is 2.14. The summed E-state index contributed by atoms with van der Waals surface area (Å²) in [5.41, 5.74) is 2.44. The van der Waals surface area contributed by atoms with Crippen molar-refractivity contribution >= 4 is 24.2 Å². The van der Waals surface area contributed by atoms with Crippen molar-refractivity contribution in [2.24, 2.45) is 0 Å². The van der Waals surface area contributed by atoms with Crippen LogP contribution in [0, 0.1) is 6.92 Å². The van der Waals surface area contributed by atoms with Crippen LogP contribution in [0.2, 0.25) is 0 Å². The lowest BCUT2D eigenvalue weighted by Gasteiger charge is -2.14. The largest absolute Gasteiger partial charge is 0.491 e.